The normalized spacial score (nSPS) is 21.1. The number of pyridine rings is 1. The Balaban J connectivity index is 0.000000505. The summed E-state index contributed by atoms with van der Waals surface area (Å²) in [5.74, 6) is -2.04. The monoisotopic (exact) mass is 557 g/mol. The first-order valence-electron chi connectivity index (χ1n) is 12.1. The van der Waals surface area contributed by atoms with E-state index in [0.29, 0.717) is 49.7 Å². The molecule has 1 fully saturated rings. The summed E-state index contributed by atoms with van der Waals surface area (Å²) in [6.07, 6.45) is -0.300. The number of aliphatic carboxylic acids is 1. The van der Waals surface area contributed by atoms with Gasteiger partial charge in [-0.15, -0.1) is 0 Å². The third-order valence-corrected chi connectivity index (χ3v) is 8.24. The Labute approximate surface area is 219 Å². The number of sulfonamides is 1. The molecule has 1 aromatic carbocycles. The van der Waals surface area contributed by atoms with Gasteiger partial charge in [0.2, 0.25) is 10.0 Å². The summed E-state index contributed by atoms with van der Waals surface area (Å²) in [6, 6.07) is 9.97. The summed E-state index contributed by atoms with van der Waals surface area (Å²) in [7, 11) is -3.69. The van der Waals surface area contributed by atoms with Crippen LogP contribution in [0.15, 0.2) is 53.7 Å². The molecule has 1 aromatic heterocycles. The fraction of sp³-hybridized carbons (Fsp3) is 0.480. The van der Waals surface area contributed by atoms with Gasteiger partial charge in [-0.2, -0.15) is 17.5 Å². The summed E-state index contributed by atoms with van der Waals surface area (Å²) >= 11 is 0. The number of ether oxygens (including phenoxy) is 1. The fourth-order valence-electron chi connectivity index (χ4n) is 4.31. The average molecular weight is 558 g/mol. The molecule has 2 aliphatic heterocycles. The number of carbonyl (C=O) groups excluding carboxylic acids is 1. The second-order valence-electron chi connectivity index (χ2n) is 9.38. The molecule has 1 amide bonds. The van der Waals surface area contributed by atoms with Crippen molar-refractivity contribution in [1.82, 2.24) is 14.2 Å². The molecule has 1 N–H and O–H groups in total. The molecule has 1 saturated heterocycles. The van der Waals surface area contributed by atoms with Gasteiger partial charge in [0, 0.05) is 44.0 Å². The lowest BCUT2D eigenvalue weighted by atomic mass is 10.0. The number of hydrogen-bond donors (Lipinski definition) is 1. The van der Waals surface area contributed by atoms with E-state index in [-0.39, 0.29) is 22.9 Å². The highest BCUT2D eigenvalue weighted by molar-refractivity contribution is 7.89. The third-order valence-electron chi connectivity index (χ3n) is 6.28. The topological polar surface area (TPSA) is 117 Å². The molecule has 208 valence electrons. The minimum atomic E-state index is -5.08. The predicted molar refractivity (Wildman–Crippen MR) is 131 cm³/mol. The van der Waals surface area contributed by atoms with Gasteiger partial charge in [0.25, 0.3) is 5.91 Å². The molecule has 3 heterocycles. The molecule has 2 atom stereocenters. The number of aromatic nitrogens is 1. The molecule has 0 aliphatic carbocycles. The van der Waals surface area contributed by atoms with Crippen molar-refractivity contribution in [2.45, 2.75) is 56.3 Å². The highest BCUT2D eigenvalue weighted by Gasteiger charge is 2.43. The van der Waals surface area contributed by atoms with Crippen LogP contribution in [0, 0.1) is 5.92 Å². The van der Waals surface area contributed by atoms with Crippen molar-refractivity contribution >= 4 is 21.9 Å². The minimum Gasteiger partial charge on any atom is -0.487 e. The van der Waals surface area contributed by atoms with Crippen LogP contribution in [0.3, 0.4) is 0 Å². The van der Waals surface area contributed by atoms with Gasteiger partial charge < -0.3 is 14.7 Å². The first-order chi connectivity index (χ1) is 17.8. The molecule has 4 rings (SSSR count). The number of rotatable bonds is 4. The Morgan fingerprint density at radius 2 is 1.71 bits per heavy atom. The van der Waals surface area contributed by atoms with Crippen LogP contribution in [-0.2, 0) is 14.8 Å². The Kier molecular flexibility index (Phi) is 9.36. The molecule has 2 aliphatic rings. The molecule has 0 radical (unpaired) electrons. The predicted octanol–water partition coefficient (Wildman–Crippen LogP) is 3.82. The second kappa shape index (κ2) is 12.1. The van der Waals surface area contributed by atoms with Crippen LogP contribution in [0.2, 0.25) is 0 Å². The lowest BCUT2D eigenvalue weighted by Crippen LogP contribution is -2.47. The number of carboxylic acids is 1. The number of likely N-dealkylation sites (tertiary alicyclic amines) is 1. The summed E-state index contributed by atoms with van der Waals surface area (Å²) in [5, 5.41) is 7.12. The van der Waals surface area contributed by atoms with Gasteiger partial charge in [0.1, 0.15) is 16.7 Å². The third kappa shape index (κ3) is 7.01. The van der Waals surface area contributed by atoms with Crippen molar-refractivity contribution in [2.24, 2.45) is 5.92 Å². The van der Waals surface area contributed by atoms with E-state index in [9.17, 15) is 26.4 Å². The zero-order chi connectivity index (χ0) is 28.1. The summed E-state index contributed by atoms with van der Waals surface area (Å²) in [5.41, 5.74) is 0.590. The van der Waals surface area contributed by atoms with E-state index in [2.05, 4.69) is 18.8 Å². The van der Waals surface area contributed by atoms with Gasteiger partial charge in [-0.25, -0.2) is 13.2 Å². The lowest BCUT2D eigenvalue weighted by Gasteiger charge is -2.32. The molecule has 13 heteroatoms. The van der Waals surface area contributed by atoms with Crippen LogP contribution >= 0.6 is 0 Å². The van der Waals surface area contributed by atoms with Gasteiger partial charge in [0.15, 0.2) is 0 Å². The number of halogens is 3. The Morgan fingerprint density at radius 1 is 1.11 bits per heavy atom. The Morgan fingerprint density at radius 3 is 2.32 bits per heavy atom. The van der Waals surface area contributed by atoms with E-state index < -0.39 is 22.2 Å². The van der Waals surface area contributed by atoms with E-state index >= 15 is 0 Å². The summed E-state index contributed by atoms with van der Waals surface area (Å²) in [6.45, 7) is 5.62. The maximum absolute atomic E-state index is 13.6. The van der Waals surface area contributed by atoms with E-state index in [0.717, 1.165) is 6.42 Å². The molecule has 9 nitrogen and oxygen atoms in total. The molecule has 0 saturated carbocycles. The minimum absolute atomic E-state index is 0.0594. The quantitative estimate of drug-likeness (QED) is 0.608. The molecule has 0 unspecified atom stereocenters. The van der Waals surface area contributed by atoms with Crippen molar-refractivity contribution in [3.8, 4) is 5.75 Å². The van der Waals surface area contributed by atoms with Crippen molar-refractivity contribution in [3.05, 3.63) is 54.4 Å². The molecule has 0 spiro atoms. The first kappa shape index (κ1) is 29.4. The molecule has 38 heavy (non-hydrogen) atoms. The number of para-hydroxylation sites is 1. The van der Waals surface area contributed by atoms with E-state index in [1.807, 2.05) is 0 Å². The first-order valence-corrected chi connectivity index (χ1v) is 13.5. The number of hydrogen-bond acceptors (Lipinski definition) is 6. The summed E-state index contributed by atoms with van der Waals surface area (Å²) < 4.78 is 66.8. The highest BCUT2D eigenvalue weighted by Crippen LogP contribution is 2.36. The fourth-order valence-corrected chi connectivity index (χ4v) is 6.13. The van der Waals surface area contributed by atoms with Gasteiger partial charge in [-0.1, -0.05) is 26.0 Å². The van der Waals surface area contributed by atoms with Crippen molar-refractivity contribution in [2.75, 3.05) is 19.6 Å². The van der Waals surface area contributed by atoms with E-state index in [1.165, 1.54) is 0 Å². The second-order valence-corrected chi connectivity index (χ2v) is 11.2. The SMILES string of the molecule is CC(C)CCN1[C@H]2CCN(C(=O)c3ccncc3)CC[C@@H]2Oc2ccccc2S1(=O)=O.O=C(O)C(F)(F)F. The molecular formula is C25H30F3N3O6S. The number of nitrogens with zero attached hydrogens (tertiary/aromatic N) is 3. The van der Waals surface area contributed by atoms with Crippen LogP contribution in [0.1, 0.15) is 43.5 Å². The van der Waals surface area contributed by atoms with Crippen LogP contribution in [0.25, 0.3) is 0 Å². The van der Waals surface area contributed by atoms with Gasteiger partial charge in [0.05, 0.1) is 6.04 Å². The largest absolute Gasteiger partial charge is 0.490 e. The van der Waals surface area contributed by atoms with Crippen LogP contribution in [0.5, 0.6) is 5.75 Å². The van der Waals surface area contributed by atoms with Gasteiger partial charge in [-0.05, 0) is 43.0 Å². The number of amides is 1. The molecular weight excluding hydrogens is 527 g/mol. The van der Waals surface area contributed by atoms with Gasteiger partial charge >= 0.3 is 12.1 Å². The number of alkyl halides is 3. The van der Waals surface area contributed by atoms with Gasteiger partial charge in [-0.3, -0.25) is 9.78 Å². The number of fused-ring (bicyclic) bond motifs is 2. The van der Waals surface area contributed by atoms with Crippen LogP contribution in [0.4, 0.5) is 13.2 Å². The average Bonchev–Trinajstić information content (AvgIpc) is 3.11. The Hall–Kier alpha value is -3.19. The number of carbonyl (C=O) groups is 2. The zero-order valence-corrected chi connectivity index (χ0v) is 21.8. The number of carboxylic acid groups (broad SMARTS) is 1. The maximum atomic E-state index is 13.6. The number of benzene rings is 1. The van der Waals surface area contributed by atoms with Crippen molar-refractivity contribution in [3.63, 3.8) is 0 Å². The smallest absolute Gasteiger partial charge is 0.487 e. The Bertz CT molecular complexity index is 1220. The molecule has 0 bridgehead atoms. The highest BCUT2D eigenvalue weighted by atomic mass is 32.2. The summed E-state index contributed by atoms with van der Waals surface area (Å²) in [4.78, 5) is 27.9. The van der Waals surface area contributed by atoms with Crippen molar-refractivity contribution < 1.29 is 41.0 Å². The maximum Gasteiger partial charge on any atom is 0.490 e. The molecule has 2 aromatic rings. The standard InChI is InChI=1S/C23H29N3O4S.C2HF3O2/c1-17(2)9-16-26-19-10-14-25(23(27)18-7-12-24-13-8-18)15-11-20(19)30-21-5-3-4-6-22(21)31(26,28)29;3-2(4,5)1(6)7/h3-8,12-13,17,19-20H,9-11,14-16H2,1-2H3;(H,6,7)/t19-,20-;/m0./s1. The van der Waals surface area contributed by atoms with Crippen LogP contribution in [-0.4, -0.2) is 77.5 Å². The van der Waals surface area contributed by atoms with E-state index in [4.69, 9.17) is 14.6 Å². The van der Waals surface area contributed by atoms with Crippen LogP contribution < -0.4 is 4.74 Å². The van der Waals surface area contributed by atoms with Crippen molar-refractivity contribution in [1.29, 1.82) is 0 Å². The van der Waals surface area contributed by atoms with E-state index in [1.54, 1.807) is 58.0 Å². The zero-order valence-electron chi connectivity index (χ0n) is 21.0. The lowest BCUT2D eigenvalue weighted by molar-refractivity contribution is -0.192.